The van der Waals surface area contributed by atoms with Gasteiger partial charge in [-0.15, -0.1) is 0 Å². The molecule has 4 rings (SSSR count). The van der Waals surface area contributed by atoms with E-state index < -0.39 is 0 Å². The lowest BCUT2D eigenvalue weighted by Gasteiger charge is -2.32. The molecule has 2 aromatic rings. The Hall–Kier alpha value is -2.44. The summed E-state index contributed by atoms with van der Waals surface area (Å²) in [5.41, 5.74) is 1.97. The van der Waals surface area contributed by atoms with Crippen molar-refractivity contribution in [2.24, 2.45) is 0 Å². The average Bonchev–Trinajstić information content (AvgIpc) is 3.05. The van der Waals surface area contributed by atoms with Crippen LogP contribution in [0.25, 0.3) is 0 Å². The molecule has 1 aliphatic heterocycles. The molecule has 2 aliphatic rings. The summed E-state index contributed by atoms with van der Waals surface area (Å²) < 4.78 is 5.37. The minimum atomic E-state index is -0.346. The van der Waals surface area contributed by atoms with Crippen LogP contribution in [0.15, 0.2) is 21.6 Å². The number of amides is 1. The van der Waals surface area contributed by atoms with Crippen molar-refractivity contribution in [1.82, 2.24) is 20.0 Å². The Bertz CT molecular complexity index is 810. The zero-order valence-corrected chi connectivity index (χ0v) is 13.5. The molecule has 24 heavy (non-hydrogen) atoms. The molecular weight excluding hydrogens is 308 g/mol. The molecule has 1 aliphatic carbocycles. The highest BCUT2D eigenvalue weighted by atomic mass is 16.5. The second-order valence-electron chi connectivity index (χ2n) is 6.56. The Labute approximate surface area is 139 Å². The highest BCUT2D eigenvalue weighted by molar-refractivity contribution is 5.94. The van der Waals surface area contributed by atoms with Crippen molar-refractivity contribution in [3.05, 3.63) is 45.5 Å². The van der Waals surface area contributed by atoms with Gasteiger partial charge in [0.15, 0.2) is 5.69 Å². The largest absolute Gasteiger partial charge is 0.360 e. The first-order valence-electron chi connectivity index (χ1n) is 8.54. The molecular formula is C17H20N4O3. The number of aromatic amines is 1. The Morgan fingerprint density at radius 1 is 1.29 bits per heavy atom. The second kappa shape index (κ2) is 6.22. The molecule has 1 amide bonds. The van der Waals surface area contributed by atoms with Crippen molar-refractivity contribution in [1.29, 1.82) is 0 Å². The topological polar surface area (TPSA) is 92.1 Å². The Morgan fingerprint density at radius 2 is 2.17 bits per heavy atom. The highest BCUT2D eigenvalue weighted by Crippen LogP contribution is 2.29. The van der Waals surface area contributed by atoms with Crippen LogP contribution < -0.4 is 5.69 Å². The van der Waals surface area contributed by atoms with Crippen LogP contribution in [-0.2, 0) is 12.8 Å². The number of carbonyl (C=O) groups is 1. The fourth-order valence-electron chi connectivity index (χ4n) is 3.74. The Morgan fingerprint density at radius 3 is 3.04 bits per heavy atom. The van der Waals surface area contributed by atoms with Gasteiger partial charge in [0.25, 0.3) is 5.91 Å². The second-order valence-corrected chi connectivity index (χ2v) is 6.56. The molecule has 2 aromatic heterocycles. The number of fused-ring (bicyclic) bond motifs is 1. The lowest BCUT2D eigenvalue weighted by atomic mass is 9.93. The number of aromatic nitrogens is 3. The summed E-state index contributed by atoms with van der Waals surface area (Å²) in [6, 6.07) is 1.82. The Balaban J connectivity index is 1.55. The van der Waals surface area contributed by atoms with E-state index in [0.717, 1.165) is 55.5 Å². The van der Waals surface area contributed by atoms with Crippen LogP contribution >= 0.6 is 0 Å². The van der Waals surface area contributed by atoms with Crippen LogP contribution in [0.2, 0.25) is 0 Å². The molecule has 1 atom stereocenters. The number of rotatable bonds is 2. The van der Waals surface area contributed by atoms with Gasteiger partial charge < -0.3 is 14.4 Å². The third-order valence-corrected chi connectivity index (χ3v) is 5.00. The first kappa shape index (κ1) is 15.1. The van der Waals surface area contributed by atoms with Crippen LogP contribution in [-0.4, -0.2) is 39.0 Å². The standard InChI is InChI=1S/C17H20N4O3/c22-16(15-12-5-1-2-6-14(12)24-20-15)21-9-3-4-11(10-21)13-7-8-18-17(23)19-13/h7-8,11H,1-6,9-10H2,(H,18,19,23). The van der Waals surface area contributed by atoms with Gasteiger partial charge in [-0.25, -0.2) is 9.78 Å². The lowest BCUT2D eigenvalue weighted by Crippen LogP contribution is -2.40. The molecule has 0 saturated carbocycles. The monoisotopic (exact) mass is 328 g/mol. The van der Waals surface area contributed by atoms with E-state index in [1.165, 1.54) is 6.20 Å². The van der Waals surface area contributed by atoms with E-state index in [4.69, 9.17) is 4.52 Å². The number of H-pyrrole nitrogens is 1. The minimum Gasteiger partial charge on any atom is -0.360 e. The molecule has 3 heterocycles. The molecule has 7 heteroatoms. The van der Waals surface area contributed by atoms with Gasteiger partial charge in [-0.1, -0.05) is 5.16 Å². The number of hydrogen-bond acceptors (Lipinski definition) is 5. The van der Waals surface area contributed by atoms with E-state index in [0.29, 0.717) is 18.8 Å². The van der Waals surface area contributed by atoms with Crippen LogP contribution in [0, 0.1) is 0 Å². The predicted octanol–water partition coefficient (Wildman–Crippen LogP) is 1.66. The number of piperidine rings is 1. The molecule has 1 saturated heterocycles. The summed E-state index contributed by atoms with van der Waals surface area (Å²) in [5, 5.41) is 4.05. The zero-order chi connectivity index (χ0) is 16.5. The number of likely N-dealkylation sites (tertiary alicyclic amines) is 1. The lowest BCUT2D eigenvalue weighted by molar-refractivity contribution is 0.0694. The fraction of sp³-hybridized carbons (Fsp3) is 0.529. The first-order valence-corrected chi connectivity index (χ1v) is 8.54. The maximum absolute atomic E-state index is 12.9. The minimum absolute atomic E-state index is 0.0528. The molecule has 1 fully saturated rings. The van der Waals surface area contributed by atoms with E-state index in [9.17, 15) is 9.59 Å². The summed E-state index contributed by atoms with van der Waals surface area (Å²) in [7, 11) is 0. The SMILES string of the molecule is O=C(c1noc2c1CCCC2)N1CCCC(c2ccnc(=O)[nH]2)C1. The predicted molar refractivity (Wildman–Crippen MR) is 85.9 cm³/mol. The third kappa shape index (κ3) is 2.74. The molecule has 1 N–H and O–H groups in total. The van der Waals surface area contributed by atoms with E-state index in [2.05, 4.69) is 15.1 Å². The van der Waals surface area contributed by atoms with Crippen molar-refractivity contribution in [2.75, 3.05) is 13.1 Å². The van der Waals surface area contributed by atoms with E-state index in [1.807, 2.05) is 11.0 Å². The van der Waals surface area contributed by atoms with Gasteiger partial charge in [0.1, 0.15) is 5.76 Å². The zero-order valence-electron chi connectivity index (χ0n) is 13.5. The van der Waals surface area contributed by atoms with Gasteiger partial charge in [-0.2, -0.15) is 0 Å². The molecule has 126 valence electrons. The van der Waals surface area contributed by atoms with Crippen LogP contribution in [0.4, 0.5) is 0 Å². The molecule has 0 radical (unpaired) electrons. The number of nitrogens with one attached hydrogen (secondary N) is 1. The summed E-state index contributed by atoms with van der Waals surface area (Å²) >= 11 is 0. The van der Waals surface area contributed by atoms with Gasteiger partial charge in [0.05, 0.1) is 0 Å². The summed E-state index contributed by atoms with van der Waals surface area (Å²) in [6.45, 7) is 1.30. The van der Waals surface area contributed by atoms with Gasteiger partial charge in [-0.3, -0.25) is 4.79 Å². The highest BCUT2D eigenvalue weighted by Gasteiger charge is 2.31. The van der Waals surface area contributed by atoms with E-state index in [1.54, 1.807) is 0 Å². The van der Waals surface area contributed by atoms with Crippen molar-refractivity contribution < 1.29 is 9.32 Å². The van der Waals surface area contributed by atoms with Crippen LogP contribution in [0.3, 0.4) is 0 Å². The fourth-order valence-corrected chi connectivity index (χ4v) is 3.74. The van der Waals surface area contributed by atoms with Crippen molar-refractivity contribution >= 4 is 5.91 Å². The van der Waals surface area contributed by atoms with E-state index in [-0.39, 0.29) is 17.5 Å². The van der Waals surface area contributed by atoms with Gasteiger partial charge in [0.2, 0.25) is 0 Å². The maximum atomic E-state index is 12.9. The third-order valence-electron chi connectivity index (χ3n) is 5.00. The average molecular weight is 328 g/mol. The number of nitrogens with zero attached hydrogens (tertiary/aromatic N) is 3. The summed E-state index contributed by atoms with van der Waals surface area (Å²) in [4.78, 5) is 32.6. The normalized spacial score (nSPS) is 20.7. The molecule has 7 nitrogen and oxygen atoms in total. The maximum Gasteiger partial charge on any atom is 0.345 e. The summed E-state index contributed by atoms with van der Waals surface area (Å²) in [5.74, 6) is 0.945. The van der Waals surface area contributed by atoms with Crippen molar-refractivity contribution in [2.45, 2.75) is 44.4 Å². The molecule has 0 aromatic carbocycles. The number of hydrogen-bond donors (Lipinski definition) is 1. The van der Waals surface area contributed by atoms with E-state index >= 15 is 0 Å². The van der Waals surface area contributed by atoms with Crippen LogP contribution in [0.1, 0.15) is 59.1 Å². The number of aryl methyl sites for hydroxylation is 1. The quantitative estimate of drug-likeness (QED) is 0.905. The van der Waals surface area contributed by atoms with Crippen molar-refractivity contribution in [3.63, 3.8) is 0 Å². The Kier molecular flexibility index (Phi) is 3.92. The molecule has 0 spiro atoms. The molecule has 1 unspecified atom stereocenters. The smallest absolute Gasteiger partial charge is 0.345 e. The number of carbonyl (C=O) groups excluding carboxylic acids is 1. The van der Waals surface area contributed by atoms with Gasteiger partial charge in [-0.05, 0) is 38.2 Å². The van der Waals surface area contributed by atoms with Crippen molar-refractivity contribution in [3.8, 4) is 0 Å². The van der Waals surface area contributed by atoms with Gasteiger partial charge >= 0.3 is 5.69 Å². The first-order chi connectivity index (χ1) is 11.7. The van der Waals surface area contributed by atoms with Gasteiger partial charge in [0, 0.05) is 42.9 Å². The summed E-state index contributed by atoms with van der Waals surface area (Å²) in [6.07, 6.45) is 7.28. The molecule has 0 bridgehead atoms. The van der Waals surface area contributed by atoms with Crippen LogP contribution in [0.5, 0.6) is 0 Å².